The number of aromatic nitrogens is 3. The number of fused-ring (bicyclic) bond motifs is 1. The van der Waals surface area contributed by atoms with Gasteiger partial charge >= 0.3 is 6.18 Å². The van der Waals surface area contributed by atoms with Gasteiger partial charge in [-0.15, -0.1) is 0 Å². The van der Waals surface area contributed by atoms with E-state index in [1.807, 2.05) is 18.5 Å². The largest absolute Gasteiger partial charge is 0.419 e. The van der Waals surface area contributed by atoms with Crippen LogP contribution < -0.4 is 5.73 Å². The maximum absolute atomic E-state index is 13.2. The molecule has 1 saturated heterocycles. The van der Waals surface area contributed by atoms with E-state index in [0.29, 0.717) is 18.8 Å². The van der Waals surface area contributed by atoms with Gasteiger partial charge in [-0.2, -0.15) is 18.3 Å². The zero-order valence-corrected chi connectivity index (χ0v) is 17.0. The Bertz CT molecular complexity index is 1050. The highest BCUT2D eigenvalue weighted by Gasteiger charge is 2.59. The van der Waals surface area contributed by atoms with E-state index in [2.05, 4.69) is 10.1 Å². The third-order valence-corrected chi connectivity index (χ3v) is 6.98. The standard InChI is InChI=1S/C18H22F3N5O2S/c1-9(2)26-15(16-11-7-25(8-12(11)16)29(3,27)28)5-14(24-26)10-4-13(18(19,20)21)17(22)23-6-10/h4-6,9,11-12,16H,7-8H2,1-3H3,(H2,22,23)/t11-,12+,16?. The minimum atomic E-state index is -4.60. The van der Waals surface area contributed by atoms with Gasteiger partial charge in [-0.1, -0.05) is 0 Å². The van der Waals surface area contributed by atoms with Gasteiger partial charge in [0.2, 0.25) is 10.0 Å². The van der Waals surface area contributed by atoms with Crippen molar-refractivity contribution in [2.45, 2.75) is 32.0 Å². The summed E-state index contributed by atoms with van der Waals surface area (Å²) in [4.78, 5) is 3.70. The number of hydrogen-bond acceptors (Lipinski definition) is 5. The van der Waals surface area contributed by atoms with E-state index in [-0.39, 0.29) is 29.4 Å². The van der Waals surface area contributed by atoms with Crippen molar-refractivity contribution >= 4 is 15.8 Å². The Morgan fingerprint density at radius 2 is 1.83 bits per heavy atom. The van der Waals surface area contributed by atoms with Crippen molar-refractivity contribution < 1.29 is 21.6 Å². The van der Waals surface area contributed by atoms with Crippen molar-refractivity contribution in [3.05, 3.63) is 29.6 Å². The summed E-state index contributed by atoms with van der Waals surface area (Å²) in [5.74, 6) is 0.00643. The fourth-order valence-corrected chi connectivity index (χ4v) is 5.14. The smallest absolute Gasteiger partial charge is 0.383 e. The number of pyridine rings is 1. The number of hydrogen-bond donors (Lipinski definition) is 1. The van der Waals surface area contributed by atoms with E-state index in [4.69, 9.17) is 5.73 Å². The molecule has 0 amide bonds. The molecular formula is C18H22F3N5O2S. The average Bonchev–Trinajstić information content (AvgIpc) is 2.98. The first-order valence-corrected chi connectivity index (χ1v) is 11.1. The van der Waals surface area contributed by atoms with Crippen LogP contribution >= 0.6 is 0 Å². The Hall–Kier alpha value is -2.14. The Morgan fingerprint density at radius 3 is 2.34 bits per heavy atom. The highest BCUT2D eigenvalue weighted by atomic mass is 32.2. The van der Waals surface area contributed by atoms with Gasteiger partial charge in [-0.05, 0) is 37.8 Å². The molecule has 29 heavy (non-hydrogen) atoms. The summed E-state index contributed by atoms with van der Waals surface area (Å²) >= 11 is 0. The van der Waals surface area contributed by atoms with Gasteiger partial charge < -0.3 is 5.73 Å². The van der Waals surface area contributed by atoms with E-state index in [1.54, 1.807) is 6.07 Å². The first kappa shape index (κ1) is 20.1. The molecular weight excluding hydrogens is 407 g/mol. The molecule has 2 fully saturated rings. The van der Waals surface area contributed by atoms with Crippen LogP contribution in [0.3, 0.4) is 0 Å². The predicted molar refractivity (Wildman–Crippen MR) is 101 cm³/mol. The number of nitrogens with zero attached hydrogens (tertiary/aromatic N) is 4. The van der Waals surface area contributed by atoms with Crippen molar-refractivity contribution in [1.29, 1.82) is 0 Å². The topological polar surface area (TPSA) is 94.1 Å². The number of anilines is 1. The number of sulfonamides is 1. The molecule has 7 nitrogen and oxygen atoms in total. The van der Waals surface area contributed by atoms with Gasteiger partial charge in [0.15, 0.2) is 0 Å². The molecule has 11 heteroatoms. The number of piperidine rings is 1. The third kappa shape index (κ3) is 3.50. The summed E-state index contributed by atoms with van der Waals surface area (Å²) in [6.45, 7) is 4.83. The molecule has 0 radical (unpaired) electrons. The maximum atomic E-state index is 13.2. The van der Waals surface area contributed by atoms with E-state index < -0.39 is 27.6 Å². The Morgan fingerprint density at radius 1 is 1.21 bits per heavy atom. The zero-order valence-electron chi connectivity index (χ0n) is 16.2. The van der Waals surface area contributed by atoms with E-state index in [9.17, 15) is 21.6 Å². The predicted octanol–water partition coefficient (Wildman–Crippen LogP) is 2.73. The molecule has 4 rings (SSSR count). The summed E-state index contributed by atoms with van der Waals surface area (Å²) in [5.41, 5.74) is 5.98. The lowest BCUT2D eigenvalue weighted by Gasteiger charge is -2.18. The van der Waals surface area contributed by atoms with Crippen LogP contribution in [0.5, 0.6) is 0 Å². The normalized spacial score (nSPS) is 24.9. The van der Waals surface area contributed by atoms with Gasteiger partial charge in [-0.25, -0.2) is 17.7 Å². The van der Waals surface area contributed by atoms with Crippen LogP contribution in [0, 0.1) is 11.8 Å². The van der Waals surface area contributed by atoms with Gasteiger partial charge in [0.05, 0.1) is 17.5 Å². The first-order valence-electron chi connectivity index (χ1n) is 9.25. The van der Waals surface area contributed by atoms with Crippen LogP contribution in [0.1, 0.15) is 37.1 Å². The SMILES string of the molecule is CC(C)n1nc(-c2cnc(N)c(C(F)(F)F)c2)cc1C1[C@H]2CN(S(C)(=O)=O)C[C@@H]12. The van der Waals surface area contributed by atoms with Crippen molar-refractivity contribution in [2.75, 3.05) is 25.1 Å². The molecule has 2 aromatic rings. The van der Waals surface area contributed by atoms with Crippen molar-refractivity contribution in [3.8, 4) is 11.3 Å². The summed E-state index contributed by atoms with van der Waals surface area (Å²) in [7, 11) is -3.21. The Balaban J connectivity index is 1.67. The van der Waals surface area contributed by atoms with Crippen LogP contribution in [-0.4, -0.2) is 46.8 Å². The zero-order chi connectivity index (χ0) is 21.3. The number of nitrogens with two attached hydrogens (primary N) is 1. The van der Waals surface area contributed by atoms with Gasteiger partial charge in [-0.3, -0.25) is 4.68 Å². The summed E-state index contributed by atoms with van der Waals surface area (Å²) < 4.78 is 66.3. The molecule has 1 aliphatic carbocycles. The molecule has 1 aliphatic heterocycles. The molecule has 3 atom stereocenters. The van der Waals surface area contributed by atoms with Crippen molar-refractivity contribution in [1.82, 2.24) is 19.1 Å². The van der Waals surface area contributed by atoms with Gasteiger partial charge in [0.25, 0.3) is 0 Å². The highest BCUT2D eigenvalue weighted by molar-refractivity contribution is 7.88. The summed E-state index contributed by atoms with van der Waals surface area (Å²) in [6.07, 6.45) is -2.10. The second-order valence-electron chi connectivity index (χ2n) is 8.08. The Labute approximate surface area is 166 Å². The monoisotopic (exact) mass is 429 g/mol. The van der Waals surface area contributed by atoms with Crippen LogP contribution in [0.4, 0.5) is 19.0 Å². The lowest BCUT2D eigenvalue weighted by Crippen LogP contribution is -2.30. The summed E-state index contributed by atoms with van der Waals surface area (Å²) in [6, 6.07) is 2.77. The van der Waals surface area contributed by atoms with Crippen LogP contribution in [0.2, 0.25) is 0 Å². The quantitative estimate of drug-likeness (QED) is 0.807. The minimum absolute atomic E-state index is 0.00918. The Kier molecular flexibility index (Phi) is 4.47. The van der Waals surface area contributed by atoms with Gasteiger partial charge in [0.1, 0.15) is 5.82 Å². The highest BCUT2D eigenvalue weighted by Crippen LogP contribution is 2.59. The lowest BCUT2D eigenvalue weighted by molar-refractivity contribution is -0.137. The van der Waals surface area contributed by atoms with Crippen molar-refractivity contribution in [3.63, 3.8) is 0 Å². The lowest BCUT2D eigenvalue weighted by atomic mass is 10.1. The van der Waals surface area contributed by atoms with E-state index in [1.165, 1.54) is 16.8 Å². The molecule has 1 unspecified atom stereocenters. The van der Waals surface area contributed by atoms with E-state index >= 15 is 0 Å². The van der Waals surface area contributed by atoms with Crippen LogP contribution in [0.25, 0.3) is 11.3 Å². The maximum Gasteiger partial charge on any atom is 0.419 e. The number of halogens is 3. The summed E-state index contributed by atoms with van der Waals surface area (Å²) in [5, 5.41) is 4.53. The average molecular weight is 429 g/mol. The molecule has 0 aromatic carbocycles. The first-order chi connectivity index (χ1) is 13.4. The van der Waals surface area contributed by atoms with Crippen LogP contribution in [0.15, 0.2) is 18.3 Å². The second-order valence-corrected chi connectivity index (χ2v) is 10.1. The third-order valence-electron chi connectivity index (χ3n) is 5.74. The molecule has 0 bridgehead atoms. The van der Waals surface area contributed by atoms with Crippen LogP contribution in [-0.2, 0) is 16.2 Å². The van der Waals surface area contributed by atoms with Crippen molar-refractivity contribution in [2.24, 2.45) is 11.8 Å². The molecule has 2 N–H and O–H groups in total. The minimum Gasteiger partial charge on any atom is -0.383 e. The van der Waals surface area contributed by atoms with E-state index in [0.717, 1.165) is 11.8 Å². The number of nitrogen functional groups attached to an aromatic ring is 1. The molecule has 2 aliphatic rings. The fraction of sp³-hybridized carbons (Fsp3) is 0.556. The second kappa shape index (κ2) is 6.43. The number of alkyl halides is 3. The molecule has 2 aromatic heterocycles. The van der Waals surface area contributed by atoms with Gasteiger partial charge in [0, 0.05) is 42.5 Å². The molecule has 1 saturated carbocycles. The molecule has 3 heterocycles. The number of rotatable bonds is 4. The fourth-order valence-electron chi connectivity index (χ4n) is 4.25. The molecule has 0 spiro atoms. The molecule has 158 valence electrons.